The van der Waals surface area contributed by atoms with E-state index >= 15 is 0 Å². The molecule has 5 nitrogen and oxygen atoms in total. The molecule has 2 bridgehead atoms. The number of fused-ring (bicyclic) bond motifs is 3. The van der Waals surface area contributed by atoms with Gasteiger partial charge in [0, 0.05) is 16.7 Å². The first-order valence-electron chi connectivity index (χ1n) is 9.77. The van der Waals surface area contributed by atoms with E-state index in [4.69, 9.17) is 0 Å². The molecule has 0 aromatic rings. The molecule has 0 aromatic heterocycles. The fourth-order valence-corrected chi connectivity index (χ4v) is 7.97. The van der Waals surface area contributed by atoms with Crippen molar-refractivity contribution in [1.29, 1.82) is 0 Å². The van der Waals surface area contributed by atoms with E-state index in [1.54, 1.807) is 6.92 Å². The summed E-state index contributed by atoms with van der Waals surface area (Å²) in [7, 11) is 0. The SMILES string of the molecule is C[C@@]12CC[C@@]3(C1)[C@@H]([C@@H](O)C2)[C@]1(C)[C@@H](O)CC[C@@](C)(C(=O)O)[C@H]1C[C@@H]3O. The van der Waals surface area contributed by atoms with Gasteiger partial charge in [-0.15, -0.1) is 0 Å². The van der Waals surface area contributed by atoms with Gasteiger partial charge in [-0.3, -0.25) is 4.79 Å². The Kier molecular flexibility index (Phi) is 3.54. The standard InChI is InChI=1S/C20H32O5/c1-17-6-7-20(10-17)14(23)8-12-18(2,16(24)25)5-4-13(22)19(12,3)15(20)11(21)9-17/h11-15,21-23H,4-10H2,1-3H3,(H,24,25)/t11-,12+,13-,14-,15-,17-,18+,19-,20-/m0/s1. The summed E-state index contributed by atoms with van der Waals surface area (Å²) in [4.78, 5) is 12.1. The second kappa shape index (κ2) is 4.99. The highest BCUT2D eigenvalue weighted by Crippen LogP contribution is 2.73. The normalized spacial score (nSPS) is 60.6. The highest BCUT2D eigenvalue weighted by atomic mass is 16.4. The predicted molar refractivity (Wildman–Crippen MR) is 91.7 cm³/mol. The van der Waals surface area contributed by atoms with Gasteiger partial charge >= 0.3 is 5.97 Å². The maximum Gasteiger partial charge on any atom is 0.309 e. The highest BCUT2D eigenvalue weighted by Gasteiger charge is 2.73. The van der Waals surface area contributed by atoms with E-state index in [0.717, 1.165) is 19.3 Å². The topological polar surface area (TPSA) is 98.0 Å². The molecule has 4 aliphatic carbocycles. The Morgan fingerprint density at radius 1 is 1.00 bits per heavy atom. The van der Waals surface area contributed by atoms with Crippen molar-refractivity contribution in [3.05, 3.63) is 0 Å². The Morgan fingerprint density at radius 2 is 1.68 bits per heavy atom. The summed E-state index contributed by atoms with van der Waals surface area (Å²) < 4.78 is 0. The predicted octanol–water partition coefficient (Wildman–Crippen LogP) is 2.18. The molecule has 5 heteroatoms. The van der Waals surface area contributed by atoms with Crippen molar-refractivity contribution in [1.82, 2.24) is 0 Å². The summed E-state index contributed by atoms with van der Waals surface area (Å²) in [6.45, 7) is 5.95. The largest absolute Gasteiger partial charge is 0.481 e. The molecule has 0 unspecified atom stereocenters. The number of rotatable bonds is 1. The van der Waals surface area contributed by atoms with Gasteiger partial charge in [0.2, 0.25) is 0 Å². The van der Waals surface area contributed by atoms with Crippen LogP contribution in [0, 0.1) is 33.5 Å². The lowest BCUT2D eigenvalue weighted by atomic mass is 9.38. The number of aliphatic carboxylic acids is 1. The summed E-state index contributed by atoms with van der Waals surface area (Å²) in [6.07, 6.45) is 2.88. The molecule has 4 aliphatic rings. The molecule has 0 aliphatic heterocycles. The van der Waals surface area contributed by atoms with Crippen LogP contribution in [0.4, 0.5) is 0 Å². The molecule has 0 amide bonds. The Balaban J connectivity index is 1.86. The zero-order valence-electron chi connectivity index (χ0n) is 15.5. The van der Waals surface area contributed by atoms with Gasteiger partial charge < -0.3 is 20.4 Å². The van der Waals surface area contributed by atoms with E-state index in [9.17, 15) is 25.2 Å². The van der Waals surface area contributed by atoms with Crippen molar-refractivity contribution in [2.75, 3.05) is 0 Å². The van der Waals surface area contributed by atoms with Crippen LogP contribution in [0.1, 0.15) is 65.7 Å². The van der Waals surface area contributed by atoms with Crippen molar-refractivity contribution in [2.24, 2.45) is 33.5 Å². The smallest absolute Gasteiger partial charge is 0.309 e. The van der Waals surface area contributed by atoms with Crippen LogP contribution in [0.2, 0.25) is 0 Å². The quantitative estimate of drug-likeness (QED) is 0.580. The van der Waals surface area contributed by atoms with Gasteiger partial charge in [-0.05, 0) is 63.2 Å². The molecule has 4 N–H and O–H groups in total. The number of hydrogen-bond donors (Lipinski definition) is 4. The molecule has 4 rings (SSSR count). The van der Waals surface area contributed by atoms with E-state index in [1.807, 2.05) is 6.92 Å². The lowest BCUT2D eigenvalue weighted by Crippen LogP contribution is -2.69. The zero-order valence-corrected chi connectivity index (χ0v) is 15.5. The number of carbonyl (C=O) groups is 1. The van der Waals surface area contributed by atoms with Gasteiger partial charge in [-0.1, -0.05) is 13.8 Å². The third-order valence-corrected chi connectivity index (χ3v) is 9.11. The summed E-state index contributed by atoms with van der Waals surface area (Å²) in [5, 5.41) is 43.3. The van der Waals surface area contributed by atoms with E-state index in [1.165, 1.54) is 0 Å². The Hall–Kier alpha value is -0.650. The molecule has 25 heavy (non-hydrogen) atoms. The number of carboxylic acids is 1. The molecule has 0 radical (unpaired) electrons. The van der Waals surface area contributed by atoms with Crippen LogP contribution in [0.25, 0.3) is 0 Å². The van der Waals surface area contributed by atoms with Crippen LogP contribution in [0.15, 0.2) is 0 Å². The van der Waals surface area contributed by atoms with Gasteiger partial charge in [-0.2, -0.15) is 0 Å². The first-order chi connectivity index (χ1) is 11.5. The molecule has 0 aromatic carbocycles. The average molecular weight is 352 g/mol. The molecule has 9 atom stereocenters. The van der Waals surface area contributed by atoms with Crippen LogP contribution < -0.4 is 0 Å². The fourth-order valence-electron chi connectivity index (χ4n) is 7.97. The average Bonchev–Trinajstić information content (AvgIpc) is 2.79. The summed E-state index contributed by atoms with van der Waals surface area (Å²) in [5.74, 6) is -1.41. The minimum absolute atomic E-state index is 0.0514. The van der Waals surface area contributed by atoms with Crippen molar-refractivity contribution < 1.29 is 25.2 Å². The van der Waals surface area contributed by atoms with Crippen molar-refractivity contribution in [2.45, 2.75) is 84.0 Å². The maximum absolute atomic E-state index is 12.1. The van der Waals surface area contributed by atoms with Gasteiger partial charge in [-0.25, -0.2) is 0 Å². The molecular weight excluding hydrogens is 320 g/mol. The minimum Gasteiger partial charge on any atom is -0.481 e. The van der Waals surface area contributed by atoms with E-state index in [0.29, 0.717) is 25.7 Å². The summed E-state index contributed by atoms with van der Waals surface area (Å²) in [6, 6.07) is 0. The maximum atomic E-state index is 12.1. The van der Waals surface area contributed by atoms with Crippen LogP contribution >= 0.6 is 0 Å². The van der Waals surface area contributed by atoms with Crippen LogP contribution in [0.5, 0.6) is 0 Å². The molecule has 142 valence electrons. The third-order valence-electron chi connectivity index (χ3n) is 9.11. The second-order valence-corrected chi connectivity index (χ2v) is 10.4. The molecule has 0 heterocycles. The van der Waals surface area contributed by atoms with E-state index in [-0.39, 0.29) is 22.7 Å². The lowest BCUT2D eigenvalue weighted by molar-refractivity contribution is -0.264. The molecular formula is C20H32O5. The van der Waals surface area contributed by atoms with Gasteiger partial charge in [0.25, 0.3) is 0 Å². The number of aliphatic hydroxyl groups excluding tert-OH is 3. The van der Waals surface area contributed by atoms with Gasteiger partial charge in [0.05, 0.1) is 23.7 Å². The van der Waals surface area contributed by atoms with Crippen LogP contribution in [0.3, 0.4) is 0 Å². The van der Waals surface area contributed by atoms with Gasteiger partial charge in [0.1, 0.15) is 0 Å². The van der Waals surface area contributed by atoms with Crippen molar-refractivity contribution >= 4 is 5.97 Å². The number of hydrogen-bond acceptors (Lipinski definition) is 4. The molecule has 4 fully saturated rings. The van der Waals surface area contributed by atoms with E-state index < -0.39 is 35.1 Å². The minimum atomic E-state index is -0.963. The molecule has 0 saturated heterocycles. The highest BCUT2D eigenvalue weighted by molar-refractivity contribution is 5.75. The van der Waals surface area contributed by atoms with Gasteiger partial charge in [0.15, 0.2) is 0 Å². The lowest BCUT2D eigenvalue weighted by Gasteiger charge is -2.67. The van der Waals surface area contributed by atoms with Crippen molar-refractivity contribution in [3.63, 3.8) is 0 Å². The molecule has 1 spiro atoms. The first-order valence-corrected chi connectivity index (χ1v) is 9.77. The number of aliphatic hydroxyl groups is 3. The van der Waals surface area contributed by atoms with E-state index in [2.05, 4.69) is 6.92 Å². The number of carboxylic acid groups (broad SMARTS) is 1. The Bertz CT molecular complexity index is 607. The van der Waals surface area contributed by atoms with Crippen LogP contribution in [-0.2, 0) is 4.79 Å². The first kappa shape index (κ1) is 17.7. The third kappa shape index (κ3) is 1.98. The Labute approximate surface area is 149 Å². The fraction of sp³-hybridized carbons (Fsp3) is 0.950. The monoisotopic (exact) mass is 352 g/mol. The zero-order chi connectivity index (χ0) is 18.4. The van der Waals surface area contributed by atoms with Crippen LogP contribution in [-0.4, -0.2) is 44.7 Å². The second-order valence-electron chi connectivity index (χ2n) is 10.4. The summed E-state index contributed by atoms with van der Waals surface area (Å²) >= 11 is 0. The summed E-state index contributed by atoms with van der Waals surface area (Å²) in [5.41, 5.74) is -1.96. The Morgan fingerprint density at radius 3 is 2.32 bits per heavy atom. The van der Waals surface area contributed by atoms with Crippen molar-refractivity contribution in [3.8, 4) is 0 Å². The molecule has 4 saturated carbocycles.